The average Bonchev–Trinajstić information content (AvgIpc) is 3.44. The Morgan fingerprint density at radius 1 is 1.38 bits per heavy atom. The van der Waals surface area contributed by atoms with Crippen molar-refractivity contribution in [3.8, 4) is 0 Å². The molecule has 0 saturated heterocycles. The van der Waals surface area contributed by atoms with Crippen molar-refractivity contribution < 1.29 is 9.21 Å². The Morgan fingerprint density at radius 3 is 3.07 bits per heavy atom. The number of nitrogens with one attached hydrogen (secondary N) is 1. The zero-order valence-electron chi connectivity index (χ0n) is 16.5. The summed E-state index contributed by atoms with van der Waals surface area (Å²) in [6, 6.07) is 3.62. The first kappa shape index (κ1) is 20.2. The molecule has 3 aromatic heterocycles. The van der Waals surface area contributed by atoms with Crippen molar-refractivity contribution >= 4 is 39.2 Å². The number of fused-ring (bicyclic) bond motifs is 3. The van der Waals surface area contributed by atoms with Crippen LogP contribution >= 0.6 is 23.1 Å². The van der Waals surface area contributed by atoms with E-state index in [0.717, 1.165) is 48.7 Å². The minimum atomic E-state index is -0.102. The van der Waals surface area contributed by atoms with E-state index >= 15 is 0 Å². The van der Waals surface area contributed by atoms with Gasteiger partial charge in [0.2, 0.25) is 5.91 Å². The molecule has 8 heteroatoms. The number of hydrogen-bond donors (Lipinski definition) is 1. The van der Waals surface area contributed by atoms with E-state index in [9.17, 15) is 9.59 Å². The van der Waals surface area contributed by atoms with Gasteiger partial charge in [-0.05, 0) is 43.4 Å². The van der Waals surface area contributed by atoms with Gasteiger partial charge in [-0.3, -0.25) is 14.2 Å². The van der Waals surface area contributed by atoms with Crippen molar-refractivity contribution in [3.63, 3.8) is 0 Å². The fraction of sp³-hybridized carbons (Fsp3) is 0.476. The molecular formula is C21H25N3O3S2. The van der Waals surface area contributed by atoms with Crippen LogP contribution in [0.1, 0.15) is 48.8 Å². The minimum absolute atomic E-state index is 0.0593. The monoisotopic (exact) mass is 431 g/mol. The summed E-state index contributed by atoms with van der Waals surface area (Å²) in [6.45, 7) is 3.16. The number of amides is 1. The molecule has 1 aliphatic carbocycles. The van der Waals surface area contributed by atoms with Crippen LogP contribution in [-0.4, -0.2) is 21.2 Å². The maximum absolute atomic E-state index is 13.3. The highest BCUT2D eigenvalue weighted by atomic mass is 32.2. The molecule has 0 bridgehead atoms. The molecule has 0 aromatic carbocycles. The number of carbonyl (C=O) groups excluding carboxylic acids is 1. The lowest BCUT2D eigenvalue weighted by molar-refractivity contribution is -0.118. The highest BCUT2D eigenvalue weighted by molar-refractivity contribution is 7.99. The van der Waals surface area contributed by atoms with Gasteiger partial charge in [0.05, 0.1) is 23.9 Å². The van der Waals surface area contributed by atoms with Crippen LogP contribution in [0.25, 0.3) is 10.2 Å². The van der Waals surface area contributed by atoms with Gasteiger partial charge in [0, 0.05) is 11.4 Å². The van der Waals surface area contributed by atoms with Gasteiger partial charge in [-0.25, -0.2) is 4.98 Å². The molecule has 1 N–H and O–H groups in total. The van der Waals surface area contributed by atoms with E-state index in [1.165, 1.54) is 22.2 Å². The van der Waals surface area contributed by atoms with Crippen LogP contribution in [0.3, 0.4) is 0 Å². The van der Waals surface area contributed by atoms with Crippen LogP contribution in [0.5, 0.6) is 0 Å². The van der Waals surface area contributed by atoms with Gasteiger partial charge in [-0.2, -0.15) is 0 Å². The molecule has 1 amide bonds. The summed E-state index contributed by atoms with van der Waals surface area (Å²) in [5.74, 6) is 0.833. The van der Waals surface area contributed by atoms with Crippen LogP contribution in [0, 0.1) is 0 Å². The second kappa shape index (κ2) is 9.17. The second-order valence-electron chi connectivity index (χ2n) is 7.24. The summed E-state index contributed by atoms with van der Waals surface area (Å²) < 4.78 is 7.02. The zero-order chi connectivity index (χ0) is 20.2. The lowest BCUT2D eigenvalue weighted by Crippen LogP contribution is -2.26. The van der Waals surface area contributed by atoms with Gasteiger partial charge in [0.15, 0.2) is 5.16 Å². The van der Waals surface area contributed by atoms with Crippen LogP contribution in [-0.2, 0) is 30.7 Å². The number of furan rings is 1. The van der Waals surface area contributed by atoms with Crippen molar-refractivity contribution in [1.29, 1.82) is 0 Å². The van der Waals surface area contributed by atoms with Crippen LogP contribution in [0.15, 0.2) is 32.8 Å². The quantitative estimate of drug-likeness (QED) is 0.313. The summed E-state index contributed by atoms with van der Waals surface area (Å²) in [7, 11) is 0. The first-order valence-corrected chi connectivity index (χ1v) is 11.9. The Kier molecular flexibility index (Phi) is 6.40. The third-order valence-corrected chi connectivity index (χ3v) is 7.31. The minimum Gasteiger partial charge on any atom is -0.467 e. The molecule has 4 rings (SSSR count). The topological polar surface area (TPSA) is 77.1 Å². The van der Waals surface area contributed by atoms with E-state index in [-0.39, 0.29) is 17.2 Å². The van der Waals surface area contributed by atoms with Gasteiger partial charge in [0.1, 0.15) is 10.6 Å². The molecule has 154 valence electrons. The summed E-state index contributed by atoms with van der Waals surface area (Å²) >= 11 is 2.98. The van der Waals surface area contributed by atoms with E-state index in [1.807, 2.05) is 6.07 Å². The van der Waals surface area contributed by atoms with E-state index in [1.54, 1.807) is 28.2 Å². The number of hydrogen-bond acceptors (Lipinski definition) is 6. The average molecular weight is 432 g/mol. The molecule has 1 aliphatic rings. The molecule has 0 fully saturated rings. The molecule has 29 heavy (non-hydrogen) atoms. The third-order valence-electron chi connectivity index (χ3n) is 5.15. The number of thioether (sulfide) groups is 1. The first-order valence-electron chi connectivity index (χ1n) is 10.1. The fourth-order valence-electron chi connectivity index (χ4n) is 3.67. The van der Waals surface area contributed by atoms with Crippen molar-refractivity contribution in [1.82, 2.24) is 14.9 Å². The summed E-state index contributed by atoms with van der Waals surface area (Å²) in [5, 5.41) is 4.30. The molecule has 0 unspecified atom stereocenters. The van der Waals surface area contributed by atoms with E-state index in [4.69, 9.17) is 9.40 Å². The SMILES string of the molecule is CCCCCn1c(SCC(=O)NCc2ccco2)nc2sc3c(c2c1=O)CCC3. The highest BCUT2D eigenvalue weighted by Crippen LogP contribution is 2.35. The third kappa shape index (κ3) is 4.43. The summed E-state index contributed by atoms with van der Waals surface area (Å²) in [4.78, 5) is 32.5. The van der Waals surface area contributed by atoms with E-state index < -0.39 is 0 Å². The number of aromatic nitrogens is 2. The molecule has 3 heterocycles. The summed E-state index contributed by atoms with van der Waals surface area (Å²) in [5.41, 5.74) is 1.27. The normalized spacial score (nSPS) is 13.1. The van der Waals surface area contributed by atoms with Gasteiger partial charge in [0.25, 0.3) is 5.56 Å². The van der Waals surface area contributed by atoms with Gasteiger partial charge in [-0.15, -0.1) is 11.3 Å². The molecule has 0 radical (unpaired) electrons. The van der Waals surface area contributed by atoms with Gasteiger partial charge in [-0.1, -0.05) is 31.5 Å². The maximum Gasteiger partial charge on any atom is 0.263 e. The number of aryl methyl sites for hydroxylation is 2. The number of thiophene rings is 1. The smallest absolute Gasteiger partial charge is 0.263 e. The van der Waals surface area contributed by atoms with Crippen LogP contribution in [0.2, 0.25) is 0 Å². The van der Waals surface area contributed by atoms with Gasteiger partial charge >= 0.3 is 0 Å². The highest BCUT2D eigenvalue weighted by Gasteiger charge is 2.23. The zero-order valence-corrected chi connectivity index (χ0v) is 18.2. The predicted octanol–water partition coefficient (Wildman–Crippen LogP) is 4.14. The standard InChI is InChI=1S/C21H25N3O3S2/c1-2-3-4-10-24-20(26)18-15-8-5-9-16(15)29-19(18)23-21(24)28-13-17(25)22-12-14-7-6-11-27-14/h6-7,11H,2-5,8-10,12-13H2,1H3,(H,22,25). The molecule has 6 nitrogen and oxygen atoms in total. The Labute approximate surface area is 177 Å². The number of carbonyl (C=O) groups is 1. The van der Waals surface area contributed by atoms with E-state index in [2.05, 4.69) is 12.2 Å². The van der Waals surface area contributed by atoms with Gasteiger partial charge < -0.3 is 9.73 Å². The predicted molar refractivity (Wildman–Crippen MR) is 117 cm³/mol. The lowest BCUT2D eigenvalue weighted by atomic mass is 10.2. The summed E-state index contributed by atoms with van der Waals surface area (Å²) in [6.07, 6.45) is 7.83. The Bertz CT molecular complexity index is 1050. The number of rotatable bonds is 9. The van der Waals surface area contributed by atoms with Crippen molar-refractivity contribution in [3.05, 3.63) is 45.0 Å². The van der Waals surface area contributed by atoms with Crippen LogP contribution in [0.4, 0.5) is 0 Å². The number of nitrogens with zero attached hydrogens (tertiary/aromatic N) is 2. The van der Waals surface area contributed by atoms with Crippen molar-refractivity contribution in [2.75, 3.05) is 5.75 Å². The number of unbranched alkanes of at least 4 members (excludes halogenated alkanes) is 2. The molecule has 3 aromatic rings. The van der Waals surface area contributed by atoms with E-state index in [0.29, 0.717) is 24.0 Å². The molecule has 0 spiro atoms. The first-order chi connectivity index (χ1) is 14.2. The molecule has 0 aliphatic heterocycles. The van der Waals surface area contributed by atoms with Crippen molar-refractivity contribution in [2.24, 2.45) is 0 Å². The Morgan fingerprint density at radius 2 is 2.28 bits per heavy atom. The lowest BCUT2D eigenvalue weighted by Gasteiger charge is -2.12. The van der Waals surface area contributed by atoms with Crippen molar-refractivity contribution in [2.45, 2.75) is 63.7 Å². The molecular weight excluding hydrogens is 406 g/mol. The molecule has 0 saturated carbocycles. The maximum atomic E-state index is 13.3. The molecule has 0 atom stereocenters. The Hall–Kier alpha value is -2.06. The largest absolute Gasteiger partial charge is 0.467 e. The second-order valence-corrected chi connectivity index (χ2v) is 9.27. The van der Waals surface area contributed by atoms with Crippen LogP contribution < -0.4 is 10.9 Å². The fourth-order valence-corrected chi connectivity index (χ4v) is 5.82. The Balaban J connectivity index is 1.54.